The molecule has 0 aliphatic rings. The number of aromatic carboxylic acids is 1. The molecule has 0 saturated carbocycles. The zero-order chi connectivity index (χ0) is 21.2. The maximum Gasteiger partial charge on any atom is 0.339 e. The fourth-order valence-corrected chi connectivity index (χ4v) is 3.28. The van der Waals surface area contributed by atoms with Gasteiger partial charge in [0.25, 0.3) is 0 Å². The van der Waals surface area contributed by atoms with E-state index >= 15 is 0 Å². The number of aromatic hydroxyl groups is 1. The molecule has 4 heteroatoms. The standard InChI is InChI=1S/C24H38O4/c1-6-8-11-14-18-17-20(25)19(22(28-7-2)21(18)23(26)27)15-12-9-10-13-16-24(3,4)5/h12,15,17,25H,6-11,13-14,16H2,1-5H3,(H,26,27)/b15-12-. The van der Waals surface area contributed by atoms with Gasteiger partial charge in [0.2, 0.25) is 0 Å². The summed E-state index contributed by atoms with van der Waals surface area (Å²) >= 11 is 0. The molecule has 0 spiro atoms. The lowest BCUT2D eigenvalue weighted by Gasteiger charge is -2.17. The fourth-order valence-electron chi connectivity index (χ4n) is 3.28. The molecule has 1 rings (SSSR count). The maximum atomic E-state index is 11.9. The molecule has 0 amide bonds. The van der Waals surface area contributed by atoms with E-state index in [4.69, 9.17) is 4.74 Å². The molecule has 1 aromatic rings. The Hall–Kier alpha value is -1.97. The van der Waals surface area contributed by atoms with Crippen LogP contribution in [-0.2, 0) is 6.42 Å². The van der Waals surface area contributed by atoms with Crippen molar-refractivity contribution in [3.8, 4) is 11.5 Å². The molecule has 0 radical (unpaired) electrons. The van der Waals surface area contributed by atoms with Crippen LogP contribution in [0.5, 0.6) is 11.5 Å². The highest BCUT2D eigenvalue weighted by molar-refractivity contribution is 5.95. The minimum absolute atomic E-state index is 0.0888. The number of carboxylic acid groups (broad SMARTS) is 1. The Balaban J connectivity index is 3.04. The Bertz CT molecular complexity index is 654. The molecule has 2 N–H and O–H groups in total. The van der Waals surface area contributed by atoms with Gasteiger partial charge in [-0.05, 0) is 56.1 Å². The second-order valence-electron chi connectivity index (χ2n) is 8.58. The Morgan fingerprint density at radius 1 is 1.14 bits per heavy atom. The molecule has 0 aliphatic heterocycles. The summed E-state index contributed by atoms with van der Waals surface area (Å²) < 4.78 is 5.69. The van der Waals surface area contributed by atoms with Gasteiger partial charge in [0.1, 0.15) is 17.1 Å². The first-order valence-electron chi connectivity index (χ1n) is 10.6. The average molecular weight is 391 g/mol. The number of carbonyl (C=O) groups is 1. The SMILES string of the molecule is CCCCCc1cc(O)c(/C=C\CCCCC(C)(C)C)c(OCC)c1C(=O)O. The predicted molar refractivity (Wildman–Crippen MR) is 116 cm³/mol. The third-order valence-electron chi connectivity index (χ3n) is 4.76. The largest absolute Gasteiger partial charge is 0.507 e. The van der Waals surface area contributed by atoms with Crippen LogP contribution in [0.2, 0.25) is 0 Å². The summed E-state index contributed by atoms with van der Waals surface area (Å²) in [7, 11) is 0. The first-order chi connectivity index (χ1) is 13.2. The van der Waals surface area contributed by atoms with E-state index in [0.29, 0.717) is 29.6 Å². The molecule has 0 unspecified atom stereocenters. The van der Waals surface area contributed by atoms with Crippen LogP contribution in [0.3, 0.4) is 0 Å². The Morgan fingerprint density at radius 2 is 1.86 bits per heavy atom. The fraction of sp³-hybridized carbons (Fsp3) is 0.625. The van der Waals surface area contributed by atoms with E-state index in [2.05, 4.69) is 27.7 Å². The van der Waals surface area contributed by atoms with Crippen molar-refractivity contribution in [3.63, 3.8) is 0 Å². The van der Waals surface area contributed by atoms with E-state index in [1.54, 1.807) is 12.1 Å². The number of allylic oxidation sites excluding steroid dienone is 1. The molecule has 0 aliphatic carbocycles. The van der Waals surface area contributed by atoms with Crippen LogP contribution in [-0.4, -0.2) is 22.8 Å². The van der Waals surface area contributed by atoms with Crippen molar-refractivity contribution >= 4 is 12.0 Å². The smallest absolute Gasteiger partial charge is 0.339 e. The number of hydrogen-bond donors (Lipinski definition) is 2. The van der Waals surface area contributed by atoms with Crippen LogP contribution in [0.25, 0.3) is 6.08 Å². The van der Waals surface area contributed by atoms with Gasteiger partial charge < -0.3 is 14.9 Å². The lowest BCUT2D eigenvalue weighted by atomic mass is 9.89. The van der Waals surface area contributed by atoms with Crippen LogP contribution in [0.1, 0.15) is 101 Å². The third kappa shape index (κ3) is 7.95. The third-order valence-corrected chi connectivity index (χ3v) is 4.76. The molecule has 0 heterocycles. The maximum absolute atomic E-state index is 11.9. The van der Waals surface area contributed by atoms with Crippen LogP contribution in [0, 0.1) is 5.41 Å². The van der Waals surface area contributed by atoms with Crippen LogP contribution in [0.4, 0.5) is 0 Å². The lowest BCUT2D eigenvalue weighted by Crippen LogP contribution is -2.09. The van der Waals surface area contributed by atoms with Crippen molar-refractivity contribution in [3.05, 3.63) is 28.8 Å². The van der Waals surface area contributed by atoms with Gasteiger partial charge >= 0.3 is 5.97 Å². The van der Waals surface area contributed by atoms with Crippen molar-refractivity contribution in [1.82, 2.24) is 0 Å². The number of ether oxygens (including phenoxy) is 1. The molecule has 0 fully saturated rings. The zero-order valence-electron chi connectivity index (χ0n) is 18.3. The van der Waals surface area contributed by atoms with Crippen LogP contribution >= 0.6 is 0 Å². The Kier molecular flexibility index (Phi) is 10.1. The summed E-state index contributed by atoms with van der Waals surface area (Å²) in [5, 5.41) is 20.3. The summed E-state index contributed by atoms with van der Waals surface area (Å²) in [4.78, 5) is 11.9. The monoisotopic (exact) mass is 390 g/mol. The molecule has 28 heavy (non-hydrogen) atoms. The molecular weight excluding hydrogens is 352 g/mol. The van der Waals surface area contributed by atoms with Crippen molar-refractivity contribution in [2.24, 2.45) is 5.41 Å². The van der Waals surface area contributed by atoms with Crippen LogP contribution in [0.15, 0.2) is 12.1 Å². The number of aryl methyl sites for hydroxylation is 1. The van der Waals surface area contributed by atoms with E-state index in [1.807, 2.05) is 13.0 Å². The summed E-state index contributed by atoms with van der Waals surface area (Å²) in [6.45, 7) is 11.0. The number of hydrogen-bond acceptors (Lipinski definition) is 3. The quantitative estimate of drug-likeness (QED) is 0.383. The minimum Gasteiger partial charge on any atom is -0.507 e. The highest BCUT2D eigenvalue weighted by Gasteiger charge is 2.22. The Morgan fingerprint density at radius 3 is 2.43 bits per heavy atom. The summed E-state index contributed by atoms with van der Waals surface area (Å²) in [6.07, 6.45) is 11.7. The number of phenolic OH excluding ortho intramolecular Hbond substituents is 1. The van der Waals surface area contributed by atoms with Crippen molar-refractivity contribution in [1.29, 1.82) is 0 Å². The van der Waals surface area contributed by atoms with Crippen molar-refractivity contribution in [2.75, 3.05) is 6.61 Å². The van der Waals surface area contributed by atoms with Gasteiger partial charge in [-0.25, -0.2) is 4.79 Å². The topological polar surface area (TPSA) is 66.8 Å². The van der Waals surface area contributed by atoms with Gasteiger partial charge in [-0.3, -0.25) is 0 Å². The highest BCUT2D eigenvalue weighted by atomic mass is 16.5. The molecule has 0 aromatic heterocycles. The molecular formula is C24H38O4. The molecule has 158 valence electrons. The Labute approximate surface area is 170 Å². The number of unbranched alkanes of at least 4 members (excludes halogenated alkanes) is 4. The normalized spacial score (nSPS) is 11.9. The number of benzene rings is 1. The highest BCUT2D eigenvalue weighted by Crippen LogP contribution is 2.37. The number of carboxylic acids is 1. The molecule has 0 saturated heterocycles. The molecule has 0 bridgehead atoms. The van der Waals surface area contributed by atoms with Crippen molar-refractivity contribution in [2.45, 2.75) is 86.0 Å². The van der Waals surface area contributed by atoms with E-state index in [0.717, 1.165) is 38.5 Å². The van der Waals surface area contributed by atoms with Gasteiger partial charge in [0, 0.05) is 0 Å². The first kappa shape index (κ1) is 24.1. The average Bonchev–Trinajstić information content (AvgIpc) is 2.59. The second-order valence-corrected chi connectivity index (χ2v) is 8.58. The number of rotatable bonds is 12. The first-order valence-corrected chi connectivity index (χ1v) is 10.6. The van der Waals surface area contributed by atoms with Crippen LogP contribution < -0.4 is 4.74 Å². The van der Waals surface area contributed by atoms with Gasteiger partial charge in [-0.15, -0.1) is 0 Å². The summed E-state index contributed by atoms with van der Waals surface area (Å²) in [6, 6.07) is 1.60. The summed E-state index contributed by atoms with van der Waals surface area (Å²) in [5.41, 5.74) is 1.63. The number of phenols is 1. The predicted octanol–water partition coefficient (Wildman–Crippen LogP) is 6.84. The van der Waals surface area contributed by atoms with E-state index in [9.17, 15) is 15.0 Å². The minimum atomic E-state index is -1.00. The van der Waals surface area contributed by atoms with Gasteiger partial charge in [0.05, 0.1) is 12.2 Å². The van der Waals surface area contributed by atoms with Gasteiger partial charge in [-0.1, -0.05) is 59.1 Å². The molecule has 4 nitrogen and oxygen atoms in total. The van der Waals surface area contributed by atoms with E-state index in [1.165, 1.54) is 6.42 Å². The van der Waals surface area contributed by atoms with Gasteiger partial charge in [-0.2, -0.15) is 0 Å². The molecule has 1 aromatic carbocycles. The summed E-state index contributed by atoms with van der Waals surface area (Å²) in [5.74, 6) is -0.631. The van der Waals surface area contributed by atoms with E-state index in [-0.39, 0.29) is 17.1 Å². The van der Waals surface area contributed by atoms with E-state index < -0.39 is 5.97 Å². The zero-order valence-corrected chi connectivity index (χ0v) is 18.3. The second kappa shape index (κ2) is 11.8. The molecule has 0 atom stereocenters. The van der Waals surface area contributed by atoms with Gasteiger partial charge in [0.15, 0.2) is 0 Å². The lowest BCUT2D eigenvalue weighted by molar-refractivity contribution is 0.0691. The van der Waals surface area contributed by atoms with Crippen molar-refractivity contribution < 1.29 is 19.7 Å².